The minimum absolute atomic E-state index is 0.0475. The monoisotopic (exact) mass is 290 g/mol. The lowest BCUT2D eigenvalue weighted by Gasteiger charge is -2.34. The van der Waals surface area contributed by atoms with Crippen LogP contribution in [-0.4, -0.2) is 60.0 Å². The summed E-state index contributed by atoms with van der Waals surface area (Å²) < 4.78 is 0. The average molecular weight is 290 g/mol. The lowest BCUT2D eigenvalue weighted by Crippen LogP contribution is -2.48. The fourth-order valence-electron chi connectivity index (χ4n) is 2.58. The summed E-state index contributed by atoms with van der Waals surface area (Å²) >= 11 is 0. The quantitative estimate of drug-likeness (QED) is 0.871. The highest BCUT2D eigenvalue weighted by Gasteiger charge is 2.22. The van der Waals surface area contributed by atoms with Crippen molar-refractivity contribution in [1.29, 1.82) is 0 Å². The van der Waals surface area contributed by atoms with Crippen molar-refractivity contribution in [3.05, 3.63) is 24.0 Å². The molecule has 0 unspecified atom stereocenters. The Bertz CT molecular complexity index is 455. The maximum absolute atomic E-state index is 12.5. The molecule has 1 aromatic heterocycles. The Balaban J connectivity index is 1.94. The van der Waals surface area contributed by atoms with Gasteiger partial charge in [0.25, 0.3) is 5.91 Å². The molecule has 0 atom stereocenters. The molecule has 0 aromatic carbocycles. The SMILES string of the molecule is CCCNc1ccnc(C(=O)N2CCN(CCC)CC2)c1. The van der Waals surface area contributed by atoms with Gasteiger partial charge >= 0.3 is 0 Å². The molecular weight excluding hydrogens is 264 g/mol. The van der Waals surface area contributed by atoms with Crippen LogP contribution in [0.1, 0.15) is 37.2 Å². The van der Waals surface area contributed by atoms with Crippen molar-refractivity contribution < 1.29 is 4.79 Å². The molecule has 116 valence electrons. The zero-order valence-corrected chi connectivity index (χ0v) is 13.1. The number of hydrogen-bond donors (Lipinski definition) is 1. The van der Waals surface area contributed by atoms with E-state index < -0.39 is 0 Å². The van der Waals surface area contributed by atoms with Crippen LogP contribution in [0.2, 0.25) is 0 Å². The number of amides is 1. The van der Waals surface area contributed by atoms with E-state index in [1.165, 1.54) is 6.42 Å². The van der Waals surface area contributed by atoms with Crippen LogP contribution in [0.5, 0.6) is 0 Å². The second-order valence-electron chi connectivity index (χ2n) is 5.49. The number of anilines is 1. The average Bonchev–Trinajstić information content (AvgIpc) is 2.53. The van der Waals surface area contributed by atoms with Crippen LogP contribution in [0.3, 0.4) is 0 Å². The molecule has 1 amide bonds. The Hall–Kier alpha value is -1.62. The molecule has 2 heterocycles. The van der Waals surface area contributed by atoms with Crippen LogP contribution in [0.15, 0.2) is 18.3 Å². The van der Waals surface area contributed by atoms with E-state index in [2.05, 4.69) is 29.0 Å². The van der Waals surface area contributed by atoms with Gasteiger partial charge in [0.2, 0.25) is 0 Å². The fraction of sp³-hybridized carbons (Fsp3) is 0.625. The smallest absolute Gasteiger partial charge is 0.272 e. The number of aromatic nitrogens is 1. The molecule has 1 aliphatic rings. The van der Waals surface area contributed by atoms with Crippen LogP contribution < -0.4 is 5.32 Å². The molecule has 1 saturated heterocycles. The third kappa shape index (κ3) is 4.43. The molecule has 5 heteroatoms. The highest BCUT2D eigenvalue weighted by molar-refractivity contribution is 5.93. The standard InChI is InChI=1S/C16H26N4O/c1-3-6-17-14-5-7-18-15(13-14)16(21)20-11-9-19(8-4-2)10-12-20/h5,7,13H,3-4,6,8-12H2,1-2H3,(H,17,18). The number of piperazine rings is 1. The van der Waals surface area contributed by atoms with Gasteiger partial charge in [-0.25, -0.2) is 0 Å². The molecule has 1 aromatic rings. The molecule has 0 saturated carbocycles. The van der Waals surface area contributed by atoms with Crippen LogP contribution in [-0.2, 0) is 0 Å². The summed E-state index contributed by atoms with van der Waals surface area (Å²) in [5, 5.41) is 3.30. The van der Waals surface area contributed by atoms with Gasteiger partial charge in [0.15, 0.2) is 0 Å². The predicted octanol–water partition coefficient (Wildman–Crippen LogP) is 2.07. The lowest BCUT2D eigenvalue weighted by atomic mass is 10.2. The molecule has 0 spiro atoms. The van der Waals surface area contributed by atoms with Gasteiger partial charge in [-0.2, -0.15) is 0 Å². The molecule has 1 fully saturated rings. The Morgan fingerprint density at radius 3 is 2.67 bits per heavy atom. The second-order valence-corrected chi connectivity index (χ2v) is 5.49. The fourth-order valence-corrected chi connectivity index (χ4v) is 2.58. The Morgan fingerprint density at radius 1 is 1.24 bits per heavy atom. The molecule has 1 N–H and O–H groups in total. The number of nitrogens with zero attached hydrogens (tertiary/aromatic N) is 3. The Labute approximate surface area is 127 Å². The Morgan fingerprint density at radius 2 is 2.00 bits per heavy atom. The predicted molar refractivity (Wildman–Crippen MR) is 85.7 cm³/mol. The van der Waals surface area contributed by atoms with Crippen LogP contribution in [0, 0.1) is 0 Å². The van der Waals surface area contributed by atoms with Gasteiger partial charge in [-0.3, -0.25) is 14.7 Å². The number of pyridine rings is 1. The van der Waals surface area contributed by atoms with E-state index in [9.17, 15) is 4.79 Å². The third-order valence-corrected chi connectivity index (χ3v) is 3.76. The highest BCUT2D eigenvalue weighted by Crippen LogP contribution is 2.12. The first-order valence-electron chi connectivity index (χ1n) is 7.96. The van der Waals surface area contributed by atoms with Crippen LogP contribution in [0.4, 0.5) is 5.69 Å². The molecule has 21 heavy (non-hydrogen) atoms. The number of hydrogen-bond acceptors (Lipinski definition) is 4. The van der Waals surface area contributed by atoms with E-state index in [0.717, 1.165) is 51.4 Å². The first-order valence-corrected chi connectivity index (χ1v) is 7.96. The largest absolute Gasteiger partial charge is 0.385 e. The summed E-state index contributed by atoms with van der Waals surface area (Å²) in [4.78, 5) is 21.1. The zero-order chi connectivity index (χ0) is 15.1. The highest BCUT2D eigenvalue weighted by atomic mass is 16.2. The van der Waals surface area contributed by atoms with Crippen molar-refractivity contribution >= 4 is 11.6 Å². The number of carbonyl (C=O) groups is 1. The van der Waals surface area contributed by atoms with Crippen molar-refractivity contribution in [1.82, 2.24) is 14.8 Å². The normalized spacial score (nSPS) is 16.0. The van der Waals surface area contributed by atoms with Crippen molar-refractivity contribution in [2.75, 3.05) is 44.6 Å². The van der Waals surface area contributed by atoms with Crippen LogP contribution >= 0.6 is 0 Å². The maximum Gasteiger partial charge on any atom is 0.272 e. The molecule has 0 bridgehead atoms. The van der Waals surface area contributed by atoms with E-state index >= 15 is 0 Å². The summed E-state index contributed by atoms with van der Waals surface area (Å²) in [7, 11) is 0. The maximum atomic E-state index is 12.5. The summed E-state index contributed by atoms with van der Waals surface area (Å²) in [6, 6.07) is 3.77. The number of nitrogens with one attached hydrogen (secondary N) is 1. The molecule has 2 rings (SSSR count). The second kappa shape index (κ2) is 7.98. The lowest BCUT2D eigenvalue weighted by molar-refractivity contribution is 0.0632. The van der Waals surface area contributed by atoms with Gasteiger partial charge in [0.05, 0.1) is 0 Å². The van der Waals surface area contributed by atoms with Gasteiger partial charge in [0.1, 0.15) is 5.69 Å². The van der Waals surface area contributed by atoms with Crippen LogP contribution in [0.25, 0.3) is 0 Å². The molecule has 1 aliphatic heterocycles. The van der Waals surface area contributed by atoms with E-state index in [1.807, 2.05) is 17.0 Å². The van der Waals surface area contributed by atoms with E-state index in [4.69, 9.17) is 0 Å². The first-order chi connectivity index (χ1) is 10.2. The van der Waals surface area contributed by atoms with Crippen molar-refractivity contribution in [3.8, 4) is 0 Å². The zero-order valence-electron chi connectivity index (χ0n) is 13.1. The summed E-state index contributed by atoms with van der Waals surface area (Å²) in [6.07, 6.45) is 3.93. The van der Waals surface area contributed by atoms with Crippen molar-refractivity contribution in [2.45, 2.75) is 26.7 Å². The van der Waals surface area contributed by atoms with Crippen molar-refractivity contribution in [3.63, 3.8) is 0 Å². The number of rotatable bonds is 6. The van der Waals surface area contributed by atoms with Gasteiger partial charge in [-0.1, -0.05) is 13.8 Å². The summed E-state index contributed by atoms with van der Waals surface area (Å²) in [5.41, 5.74) is 1.51. The van der Waals surface area contributed by atoms with Crippen molar-refractivity contribution in [2.24, 2.45) is 0 Å². The van der Waals surface area contributed by atoms with E-state index in [0.29, 0.717) is 5.69 Å². The first kappa shape index (κ1) is 15.8. The summed E-state index contributed by atoms with van der Waals surface area (Å²) in [5.74, 6) is 0.0475. The molecule has 5 nitrogen and oxygen atoms in total. The minimum Gasteiger partial charge on any atom is -0.385 e. The van der Waals surface area contributed by atoms with Gasteiger partial charge in [0, 0.05) is 44.6 Å². The number of carbonyl (C=O) groups excluding carboxylic acids is 1. The molecule has 0 aliphatic carbocycles. The Kier molecular flexibility index (Phi) is 5.99. The topological polar surface area (TPSA) is 48.5 Å². The van der Waals surface area contributed by atoms with E-state index in [1.54, 1.807) is 6.20 Å². The molecule has 0 radical (unpaired) electrons. The van der Waals surface area contributed by atoms with Gasteiger partial charge in [-0.05, 0) is 31.5 Å². The van der Waals surface area contributed by atoms with Gasteiger partial charge in [-0.15, -0.1) is 0 Å². The minimum atomic E-state index is 0.0475. The van der Waals surface area contributed by atoms with Gasteiger partial charge < -0.3 is 10.2 Å². The molecular formula is C16H26N4O. The third-order valence-electron chi connectivity index (χ3n) is 3.76. The van der Waals surface area contributed by atoms with E-state index in [-0.39, 0.29) is 5.91 Å². The summed E-state index contributed by atoms with van der Waals surface area (Å²) in [6.45, 7) is 9.87.